The highest BCUT2D eigenvalue weighted by Crippen LogP contribution is 2.33. The molecule has 0 aliphatic heterocycles. The minimum absolute atomic E-state index is 0.0103. The topological polar surface area (TPSA) is 84.6 Å². The van der Waals surface area contributed by atoms with E-state index < -0.39 is 31.5 Å². The number of aromatic nitrogens is 3. The molecule has 0 aliphatic rings. The molecule has 180 valence electrons. The second kappa shape index (κ2) is 11.1. The molecule has 0 N–H and O–H groups in total. The van der Waals surface area contributed by atoms with Crippen LogP contribution in [-0.4, -0.2) is 54.8 Å². The second-order valence-electron chi connectivity index (χ2n) is 8.44. The molecule has 0 amide bonds. The van der Waals surface area contributed by atoms with E-state index in [1.807, 2.05) is 0 Å². The van der Waals surface area contributed by atoms with Crippen LogP contribution >= 0.6 is 0 Å². The highest BCUT2D eigenvalue weighted by atomic mass is 28.3. The zero-order valence-electron chi connectivity index (χ0n) is 18.8. The number of esters is 1. The van der Waals surface area contributed by atoms with Crippen molar-refractivity contribution in [2.24, 2.45) is 0 Å². The summed E-state index contributed by atoms with van der Waals surface area (Å²) in [5, 5.41) is 3.89. The maximum absolute atomic E-state index is 13.6. The molecule has 0 aromatic carbocycles. The highest BCUT2D eigenvalue weighted by Gasteiger charge is 2.36. The van der Waals surface area contributed by atoms with Gasteiger partial charge in [-0.15, -0.1) is 0 Å². The molecule has 12 heteroatoms. The number of ether oxygens (including phenoxy) is 3. The molecule has 2 aromatic rings. The first-order valence-electron chi connectivity index (χ1n) is 10.4. The largest absolute Gasteiger partial charge is 0.466 e. The molecule has 0 saturated heterocycles. The van der Waals surface area contributed by atoms with Crippen LogP contribution in [-0.2, 0) is 38.5 Å². The van der Waals surface area contributed by atoms with Crippen molar-refractivity contribution in [1.82, 2.24) is 14.3 Å². The van der Waals surface area contributed by atoms with Crippen LogP contribution in [0.4, 0.5) is 13.2 Å². The van der Waals surface area contributed by atoms with E-state index in [-0.39, 0.29) is 50.4 Å². The highest BCUT2D eigenvalue weighted by molar-refractivity contribution is 6.76. The van der Waals surface area contributed by atoms with Gasteiger partial charge in [-0.1, -0.05) is 19.6 Å². The van der Waals surface area contributed by atoms with E-state index >= 15 is 0 Å². The van der Waals surface area contributed by atoms with Gasteiger partial charge in [0.1, 0.15) is 12.4 Å². The molecular weight excluding hydrogens is 447 g/mol. The van der Waals surface area contributed by atoms with E-state index in [4.69, 9.17) is 14.2 Å². The van der Waals surface area contributed by atoms with Gasteiger partial charge in [-0.2, -0.15) is 18.3 Å². The Hall–Kier alpha value is -2.18. The van der Waals surface area contributed by atoms with E-state index in [0.717, 1.165) is 21.4 Å². The normalized spacial score (nSPS) is 12.5. The SMILES string of the molecule is CCOC(=O)CCOCCn1c(C(F)(F)F)cc2c(=O)n(COCC[Si](C)(C)C)ncc21. The van der Waals surface area contributed by atoms with Crippen LogP contribution in [0.2, 0.25) is 25.7 Å². The minimum atomic E-state index is -4.66. The first-order valence-corrected chi connectivity index (χ1v) is 14.1. The lowest BCUT2D eigenvalue weighted by molar-refractivity contribution is -0.144. The Morgan fingerprint density at radius 1 is 1.16 bits per heavy atom. The number of rotatable bonds is 12. The summed E-state index contributed by atoms with van der Waals surface area (Å²) in [5.74, 6) is -0.438. The van der Waals surface area contributed by atoms with Gasteiger partial charge in [0.25, 0.3) is 5.56 Å². The lowest BCUT2D eigenvalue weighted by Gasteiger charge is -2.15. The smallest absolute Gasteiger partial charge is 0.431 e. The predicted molar refractivity (Wildman–Crippen MR) is 115 cm³/mol. The van der Waals surface area contributed by atoms with Crippen molar-refractivity contribution in [3.05, 3.63) is 28.3 Å². The Balaban J connectivity index is 2.13. The average Bonchev–Trinajstić information content (AvgIpc) is 3.06. The number of hydrogen-bond donors (Lipinski definition) is 0. The Morgan fingerprint density at radius 3 is 2.50 bits per heavy atom. The summed E-state index contributed by atoms with van der Waals surface area (Å²) in [4.78, 5) is 24.0. The molecular formula is C20H30F3N3O5Si. The van der Waals surface area contributed by atoms with E-state index in [2.05, 4.69) is 24.7 Å². The van der Waals surface area contributed by atoms with Crippen molar-refractivity contribution in [3.8, 4) is 0 Å². The monoisotopic (exact) mass is 477 g/mol. The minimum Gasteiger partial charge on any atom is -0.466 e. The van der Waals surface area contributed by atoms with Crippen molar-refractivity contribution in [2.45, 2.75) is 58.5 Å². The summed E-state index contributed by atoms with van der Waals surface area (Å²) >= 11 is 0. The summed E-state index contributed by atoms with van der Waals surface area (Å²) < 4.78 is 58.2. The molecule has 8 nitrogen and oxygen atoms in total. The summed E-state index contributed by atoms with van der Waals surface area (Å²) in [5.41, 5.74) is -1.55. The van der Waals surface area contributed by atoms with E-state index in [0.29, 0.717) is 6.61 Å². The third kappa shape index (κ3) is 7.45. The summed E-state index contributed by atoms with van der Waals surface area (Å²) in [7, 11) is -1.31. The molecule has 2 rings (SSSR count). The van der Waals surface area contributed by atoms with Crippen LogP contribution in [0.1, 0.15) is 19.0 Å². The molecule has 32 heavy (non-hydrogen) atoms. The maximum Gasteiger partial charge on any atom is 0.431 e. The van der Waals surface area contributed by atoms with Gasteiger partial charge in [-0.3, -0.25) is 9.59 Å². The van der Waals surface area contributed by atoms with Crippen LogP contribution in [0.3, 0.4) is 0 Å². The molecule has 0 aliphatic carbocycles. The van der Waals surface area contributed by atoms with Gasteiger partial charge in [-0.05, 0) is 19.0 Å². The second-order valence-corrected chi connectivity index (χ2v) is 14.1. The van der Waals surface area contributed by atoms with Crippen LogP contribution < -0.4 is 5.56 Å². The van der Waals surface area contributed by atoms with Gasteiger partial charge in [0, 0.05) is 21.2 Å². The van der Waals surface area contributed by atoms with E-state index in [9.17, 15) is 22.8 Å². The third-order valence-corrected chi connectivity index (χ3v) is 6.34. The Kier molecular flexibility index (Phi) is 9.05. The van der Waals surface area contributed by atoms with Crippen molar-refractivity contribution in [1.29, 1.82) is 0 Å². The molecule has 0 fully saturated rings. The average molecular weight is 478 g/mol. The molecule has 0 spiro atoms. The summed E-state index contributed by atoms with van der Waals surface area (Å²) in [6.07, 6.45) is -3.42. The number of carbonyl (C=O) groups excluding carboxylic acids is 1. The molecule has 0 bridgehead atoms. The molecule has 0 unspecified atom stereocenters. The molecule has 0 saturated carbocycles. The van der Waals surface area contributed by atoms with Gasteiger partial charge >= 0.3 is 12.1 Å². The number of alkyl halides is 3. The van der Waals surface area contributed by atoms with Crippen molar-refractivity contribution < 1.29 is 32.2 Å². The first-order chi connectivity index (χ1) is 14.9. The first kappa shape index (κ1) is 26.1. The maximum atomic E-state index is 13.6. The number of hydrogen-bond acceptors (Lipinski definition) is 6. The molecule has 0 atom stereocenters. The van der Waals surface area contributed by atoms with Gasteiger partial charge in [0.15, 0.2) is 0 Å². The molecule has 2 aromatic heterocycles. The molecule has 0 radical (unpaired) electrons. The van der Waals surface area contributed by atoms with E-state index in [1.54, 1.807) is 6.92 Å². The number of fused-ring (bicyclic) bond motifs is 1. The summed E-state index contributed by atoms with van der Waals surface area (Å²) in [6.45, 7) is 8.63. The van der Waals surface area contributed by atoms with Gasteiger partial charge in [0.2, 0.25) is 0 Å². The van der Waals surface area contributed by atoms with Crippen molar-refractivity contribution >= 4 is 24.9 Å². The fraction of sp³-hybridized carbons (Fsp3) is 0.650. The quantitative estimate of drug-likeness (QED) is 0.264. The zero-order chi connectivity index (χ0) is 23.9. The van der Waals surface area contributed by atoms with Gasteiger partial charge in [-0.25, -0.2) is 4.68 Å². The fourth-order valence-corrected chi connectivity index (χ4v) is 3.69. The zero-order valence-corrected chi connectivity index (χ0v) is 19.8. The standard InChI is InChI=1S/C20H30F3N3O5Si/c1-5-31-18(27)6-8-29-9-7-25-16-13-24-26(14-30-10-11-32(2,3)4)19(28)15(16)12-17(25)20(21,22)23/h12-13H,5-11,14H2,1-4H3. The molecule has 2 heterocycles. The van der Waals surface area contributed by atoms with Crippen molar-refractivity contribution in [2.75, 3.05) is 26.4 Å². The van der Waals surface area contributed by atoms with Crippen LogP contribution in [0, 0.1) is 0 Å². The number of nitrogens with zero attached hydrogens (tertiary/aromatic N) is 3. The Bertz CT molecular complexity index is 966. The lowest BCUT2D eigenvalue weighted by Crippen LogP contribution is -2.26. The predicted octanol–water partition coefficient (Wildman–Crippen LogP) is 3.50. The number of carbonyl (C=O) groups is 1. The van der Waals surface area contributed by atoms with Crippen molar-refractivity contribution in [3.63, 3.8) is 0 Å². The number of halogens is 3. The fourth-order valence-electron chi connectivity index (χ4n) is 2.93. The van der Waals surface area contributed by atoms with Crippen LogP contribution in [0.15, 0.2) is 17.1 Å². The van der Waals surface area contributed by atoms with Gasteiger partial charge < -0.3 is 18.8 Å². The van der Waals surface area contributed by atoms with Crippen LogP contribution in [0.5, 0.6) is 0 Å². The Morgan fingerprint density at radius 2 is 1.88 bits per heavy atom. The summed E-state index contributed by atoms with van der Waals surface area (Å²) in [6, 6.07) is 1.73. The lowest BCUT2D eigenvalue weighted by atomic mass is 10.3. The van der Waals surface area contributed by atoms with Crippen LogP contribution in [0.25, 0.3) is 10.9 Å². The van der Waals surface area contributed by atoms with Gasteiger partial charge in [0.05, 0.1) is 43.3 Å². The third-order valence-electron chi connectivity index (χ3n) is 4.64. The van der Waals surface area contributed by atoms with E-state index in [1.165, 1.54) is 6.20 Å². The Labute approximate surface area is 185 Å².